The molecule has 2 aliphatic heterocycles. The Morgan fingerprint density at radius 1 is 1.40 bits per heavy atom. The molecule has 1 unspecified atom stereocenters. The molecule has 0 aliphatic carbocycles. The van der Waals surface area contributed by atoms with Crippen molar-refractivity contribution >= 4 is 27.3 Å². The van der Waals surface area contributed by atoms with Crippen LogP contribution in [0.15, 0.2) is 18.2 Å². The van der Waals surface area contributed by atoms with E-state index in [9.17, 15) is 4.79 Å². The molecule has 1 aromatic carbocycles. The Morgan fingerprint density at radius 3 is 3.20 bits per heavy atom. The summed E-state index contributed by atoms with van der Waals surface area (Å²) in [4.78, 5) is 12.8. The Hall–Kier alpha value is -1.39. The summed E-state index contributed by atoms with van der Waals surface area (Å²) >= 11 is 1.62. The lowest BCUT2D eigenvalue weighted by molar-refractivity contribution is 0.0950. The number of rotatable bonds is 2. The molecule has 0 saturated carbocycles. The highest BCUT2D eigenvalue weighted by molar-refractivity contribution is 7.21. The molecule has 1 saturated heterocycles. The average molecular weight is 287 g/mol. The van der Waals surface area contributed by atoms with Crippen LogP contribution in [0.1, 0.15) is 33.6 Å². The number of fused-ring (bicyclic) bond motifs is 3. The lowest BCUT2D eigenvalue weighted by Gasteiger charge is -2.12. The number of amides is 1. The fraction of sp³-hybridized carbons (Fsp3) is 0.438. The van der Waals surface area contributed by atoms with Gasteiger partial charge >= 0.3 is 0 Å². The summed E-state index contributed by atoms with van der Waals surface area (Å²) in [6.07, 6.45) is 4.67. The normalized spacial score (nSPS) is 22.0. The summed E-state index contributed by atoms with van der Waals surface area (Å²) in [6, 6.07) is 6.62. The minimum Gasteiger partial charge on any atom is -0.378 e. The first-order valence-electron chi connectivity index (χ1n) is 7.25. The molecule has 1 amide bonds. The van der Waals surface area contributed by atoms with Gasteiger partial charge in [0.1, 0.15) is 0 Å². The van der Waals surface area contributed by atoms with Gasteiger partial charge in [-0.25, -0.2) is 0 Å². The van der Waals surface area contributed by atoms with Gasteiger partial charge in [-0.3, -0.25) is 4.79 Å². The number of carbonyl (C=O) groups excluding carboxylic acids is 1. The molecule has 20 heavy (non-hydrogen) atoms. The minimum absolute atomic E-state index is 0.0909. The summed E-state index contributed by atoms with van der Waals surface area (Å²) in [7, 11) is 0. The molecule has 1 atom stereocenters. The van der Waals surface area contributed by atoms with Crippen LogP contribution in [-0.2, 0) is 17.6 Å². The third-order valence-corrected chi connectivity index (χ3v) is 5.42. The second-order valence-corrected chi connectivity index (χ2v) is 6.64. The van der Waals surface area contributed by atoms with Crippen LogP contribution in [0.5, 0.6) is 0 Å². The van der Waals surface area contributed by atoms with Crippen LogP contribution in [0.2, 0.25) is 0 Å². The Kier molecular flexibility index (Phi) is 3.00. The molecule has 0 radical (unpaired) electrons. The quantitative estimate of drug-likeness (QED) is 0.922. The summed E-state index contributed by atoms with van der Waals surface area (Å²) in [5, 5.41) is 4.20. The van der Waals surface area contributed by atoms with E-state index in [2.05, 4.69) is 23.5 Å². The SMILES string of the molecule is O=C1NCCc2c1sc1ccc(CC3CCCO3)cc21. The van der Waals surface area contributed by atoms with Crippen molar-refractivity contribution in [1.82, 2.24) is 5.32 Å². The molecule has 0 spiro atoms. The molecule has 3 heterocycles. The molecule has 1 fully saturated rings. The second kappa shape index (κ2) is 4.86. The van der Waals surface area contributed by atoms with E-state index >= 15 is 0 Å². The van der Waals surface area contributed by atoms with Gasteiger partial charge in [0, 0.05) is 17.9 Å². The molecule has 104 valence electrons. The first-order chi connectivity index (χ1) is 9.81. The minimum atomic E-state index is 0.0909. The first-order valence-corrected chi connectivity index (χ1v) is 8.07. The zero-order valence-electron chi connectivity index (χ0n) is 11.3. The van der Waals surface area contributed by atoms with Crippen molar-refractivity contribution < 1.29 is 9.53 Å². The zero-order valence-corrected chi connectivity index (χ0v) is 12.1. The van der Waals surface area contributed by atoms with Gasteiger partial charge in [0.05, 0.1) is 11.0 Å². The van der Waals surface area contributed by atoms with Crippen molar-refractivity contribution in [2.75, 3.05) is 13.2 Å². The fourth-order valence-corrected chi connectivity index (χ4v) is 4.35. The number of carbonyl (C=O) groups is 1. The van der Waals surface area contributed by atoms with Crippen LogP contribution < -0.4 is 5.32 Å². The van der Waals surface area contributed by atoms with Gasteiger partial charge in [-0.1, -0.05) is 6.07 Å². The monoisotopic (exact) mass is 287 g/mol. The smallest absolute Gasteiger partial charge is 0.261 e. The molecule has 1 aromatic heterocycles. The molecular weight excluding hydrogens is 270 g/mol. The topological polar surface area (TPSA) is 38.3 Å². The summed E-state index contributed by atoms with van der Waals surface area (Å²) in [5.41, 5.74) is 2.57. The summed E-state index contributed by atoms with van der Waals surface area (Å²) in [6.45, 7) is 1.66. The van der Waals surface area contributed by atoms with Gasteiger partial charge in [0.15, 0.2) is 0 Å². The third-order valence-electron chi connectivity index (χ3n) is 4.21. The Balaban J connectivity index is 1.72. The van der Waals surface area contributed by atoms with Gasteiger partial charge < -0.3 is 10.1 Å². The molecule has 4 heteroatoms. The summed E-state index contributed by atoms with van der Waals surface area (Å²) < 4.78 is 6.94. The fourth-order valence-electron chi connectivity index (χ4n) is 3.20. The maximum absolute atomic E-state index is 11.9. The second-order valence-electron chi connectivity index (χ2n) is 5.59. The van der Waals surface area contributed by atoms with E-state index in [1.807, 2.05) is 0 Å². The van der Waals surface area contributed by atoms with Crippen molar-refractivity contribution in [3.05, 3.63) is 34.2 Å². The van der Waals surface area contributed by atoms with Crippen molar-refractivity contribution in [3.8, 4) is 0 Å². The van der Waals surface area contributed by atoms with Crippen LogP contribution in [0.3, 0.4) is 0 Å². The predicted octanol–water partition coefficient (Wildman–Crippen LogP) is 2.91. The van der Waals surface area contributed by atoms with Gasteiger partial charge in [-0.2, -0.15) is 0 Å². The van der Waals surface area contributed by atoms with Crippen LogP contribution in [0.4, 0.5) is 0 Å². The highest BCUT2D eigenvalue weighted by Crippen LogP contribution is 2.34. The van der Waals surface area contributed by atoms with Gasteiger partial charge in [0.25, 0.3) is 5.91 Å². The van der Waals surface area contributed by atoms with Gasteiger partial charge in [-0.15, -0.1) is 11.3 Å². The number of thiophene rings is 1. The van der Waals surface area contributed by atoms with E-state index < -0.39 is 0 Å². The number of benzene rings is 1. The molecule has 1 N–H and O–H groups in total. The number of ether oxygens (including phenoxy) is 1. The average Bonchev–Trinajstić information content (AvgIpc) is 3.07. The molecule has 3 nitrogen and oxygen atoms in total. The number of hydrogen-bond acceptors (Lipinski definition) is 3. The zero-order chi connectivity index (χ0) is 13.5. The van der Waals surface area contributed by atoms with E-state index in [0.29, 0.717) is 6.10 Å². The van der Waals surface area contributed by atoms with Crippen molar-refractivity contribution in [2.24, 2.45) is 0 Å². The molecule has 2 aliphatic rings. The van der Waals surface area contributed by atoms with Gasteiger partial charge in [-0.05, 0) is 54.3 Å². The molecule has 0 bridgehead atoms. The van der Waals surface area contributed by atoms with Gasteiger partial charge in [0.2, 0.25) is 0 Å². The highest BCUT2D eigenvalue weighted by Gasteiger charge is 2.22. The van der Waals surface area contributed by atoms with Crippen molar-refractivity contribution in [2.45, 2.75) is 31.8 Å². The van der Waals surface area contributed by atoms with Crippen molar-refractivity contribution in [3.63, 3.8) is 0 Å². The predicted molar refractivity (Wildman–Crippen MR) is 80.5 cm³/mol. The lowest BCUT2D eigenvalue weighted by atomic mass is 10.00. The molecule has 4 rings (SSSR count). The third kappa shape index (κ3) is 2.03. The van der Waals surface area contributed by atoms with E-state index in [0.717, 1.165) is 30.9 Å². The van der Waals surface area contributed by atoms with E-state index in [4.69, 9.17) is 4.74 Å². The van der Waals surface area contributed by atoms with Crippen LogP contribution in [-0.4, -0.2) is 25.2 Å². The highest BCUT2D eigenvalue weighted by atomic mass is 32.1. The summed E-state index contributed by atoms with van der Waals surface area (Å²) in [5.74, 6) is 0.0909. The van der Waals surface area contributed by atoms with E-state index in [-0.39, 0.29) is 5.91 Å². The van der Waals surface area contributed by atoms with Crippen molar-refractivity contribution in [1.29, 1.82) is 0 Å². The lowest BCUT2D eigenvalue weighted by Crippen LogP contribution is -2.30. The standard InChI is InChI=1S/C16H17NO2S/c18-16-15-12(5-6-17-16)13-9-10(3-4-14(13)20-15)8-11-2-1-7-19-11/h3-4,9,11H,1-2,5-8H2,(H,17,18). The first kappa shape index (κ1) is 12.4. The number of nitrogens with one attached hydrogen (secondary N) is 1. The van der Waals surface area contributed by atoms with E-state index in [1.165, 1.54) is 34.1 Å². The Bertz CT molecular complexity index is 670. The van der Waals surface area contributed by atoms with Crippen LogP contribution in [0.25, 0.3) is 10.1 Å². The number of hydrogen-bond donors (Lipinski definition) is 1. The van der Waals surface area contributed by atoms with Crippen LogP contribution in [0, 0.1) is 0 Å². The van der Waals surface area contributed by atoms with E-state index in [1.54, 1.807) is 11.3 Å². The molecule has 2 aromatic rings. The maximum Gasteiger partial charge on any atom is 0.261 e. The molecular formula is C16H17NO2S. The largest absolute Gasteiger partial charge is 0.378 e. The Labute approximate surface area is 121 Å². The van der Waals surface area contributed by atoms with Crippen LogP contribution >= 0.6 is 11.3 Å². The Morgan fingerprint density at radius 2 is 2.35 bits per heavy atom. The maximum atomic E-state index is 11.9.